The SMILES string of the molecule is CC(C)[C@H](NC(=O)Cc1cccs1)C(=O)N/N=C\c1cc(Br)c(Br)o1. The van der Waals surface area contributed by atoms with Gasteiger partial charge in [-0.05, 0) is 49.2 Å². The van der Waals surface area contributed by atoms with Gasteiger partial charge in [0.05, 0.1) is 17.1 Å². The lowest BCUT2D eigenvalue weighted by Gasteiger charge is -2.20. The summed E-state index contributed by atoms with van der Waals surface area (Å²) >= 11 is 8.02. The maximum absolute atomic E-state index is 12.3. The monoisotopic (exact) mass is 489 g/mol. The molecule has 0 spiro atoms. The number of hydrogen-bond acceptors (Lipinski definition) is 5. The van der Waals surface area contributed by atoms with E-state index in [2.05, 4.69) is 47.7 Å². The Morgan fingerprint density at radius 1 is 1.40 bits per heavy atom. The van der Waals surface area contributed by atoms with Crippen LogP contribution in [-0.2, 0) is 16.0 Å². The molecule has 2 rings (SSSR count). The molecule has 0 aliphatic heterocycles. The number of carbonyl (C=O) groups excluding carboxylic acids is 2. The fraction of sp³-hybridized carbons (Fsp3) is 0.312. The quantitative estimate of drug-likeness (QED) is 0.458. The first-order valence-corrected chi connectivity index (χ1v) is 9.93. The van der Waals surface area contributed by atoms with Gasteiger partial charge in [-0.1, -0.05) is 19.9 Å². The first-order valence-electron chi connectivity index (χ1n) is 7.46. The van der Waals surface area contributed by atoms with E-state index < -0.39 is 6.04 Å². The molecule has 9 heteroatoms. The van der Waals surface area contributed by atoms with Gasteiger partial charge < -0.3 is 9.73 Å². The van der Waals surface area contributed by atoms with Crippen molar-refractivity contribution >= 4 is 61.2 Å². The summed E-state index contributed by atoms with van der Waals surface area (Å²) < 4.78 is 6.62. The molecule has 0 bridgehead atoms. The van der Waals surface area contributed by atoms with E-state index in [-0.39, 0.29) is 24.2 Å². The van der Waals surface area contributed by atoms with Gasteiger partial charge in [0.25, 0.3) is 5.91 Å². The van der Waals surface area contributed by atoms with E-state index in [0.29, 0.717) is 10.4 Å². The minimum Gasteiger partial charge on any atom is -0.447 e. The van der Waals surface area contributed by atoms with Crippen LogP contribution in [0.1, 0.15) is 24.5 Å². The van der Waals surface area contributed by atoms with Gasteiger partial charge in [0.2, 0.25) is 5.91 Å². The molecule has 2 N–H and O–H groups in total. The molecular formula is C16H17Br2N3O3S. The van der Waals surface area contributed by atoms with Gasteiger partial charge >= 0.3 is 0 Å². The van der Waals surface area contributed by atoms with E-state index in [1.54, 1.807) is 6.07 Å². The molecule has 6 nitrogen and oxygen atoms in total. The number of nitrogens with zero attached hydrogens (tertiary/aromatic N) is 1. The molecule has 0 saturated carbocycles. The third kappa shape index (κ3) is 6.09. The van der Waals surface area contributed by atoms with Crippen molar-refractivity contribution in [1.29, 1.82) is 0 Å². The standard InChI is InChI=1S/C16H17Br2N3O3S/c1-9(2)14(20-13(22)7-11-4-3-5-25-11)16(23)21-19-8-10-6-12(17)15(18)24-10/h3-6,8-9,14H,7H2,1-2H3,(H,20,22)(H,21,23)/b19-8-/t14-/m0/s1. The van der Waals surface area contributed by atoms with Crippen LogP contribution < -0.4 is 10.7 Å². The smallest absolute Gasteiger partial charge is 0.262 e. The van der Waals surface area contributed by atoms with E-state index in [9.17, 15) is 9.59 Å². The average Bonchev–Trinajstić information content (AvgIpc) is 3.15. The van der Waals surface area contributed by atoms with Crippen molar-refractivity contribution in [3.05, 3.63) is 43.4 Å². The van der Waals surface area contributed by atoms with Gasteiger partial charge in [-0.25, -0.2) is 5.43 Å². The van der Waals surface area contributed by atoms with Crippen molar-refractivity contribution < 1.29 is 14.0 Å². The van der Waals surface area contributed by atoms with Crippen molar-refractivity contribution in [2.75, 3.05) is 0 Å². The summed E-state index contributed by atoms with van der Waals surface area (Å²) in [7, 11) is 0. The van der Waals surface area contributed by atoms with Crippen LogP contribution >= 0.6 is 43.2 Å². The molecule has 25 heavy (non-hydrogen) atoms. The van der Waals surface area contributed by atoms with E-state index in [1.165, 1.54) is 17.6 Å². The highest BCUT2D eigenvalue weighted by molar-refractivity contribution is 9.13. The Kier molecular flexibility index (Phi) is 7.39. The molecule has 2 amide bonds. The van der Waals surface area contributed by atoms with Gasteiger partial charge in [-0.3, -0.25) is 9.59 Å². The van der Waals surface area contributed by atoms with Crippen molar-refractivity contribution in [2.24, 2.45) is 11.0 Å². The summed E-state index contributed by atoms with van der Waals surface area (Å²) in [6.45, 7) is 3.72. The molecule has 0 aliphatic carbocycles. The minimum absolute atomic E-state index is 0.0746. The van der Waals surface area contributed by atoms with Crippen LogP contribution in [0.5, 0.6) is 0 Å². The van der Waals surface area contributed by atoms with Crippen molar-refractivity contribution in [2.45, 2.75) is 26.3 Å². The largest absolute Gasteiger partial charge is 0.447 e. The topological polar surface area (TPSA) is 83.7 Å². The van der Waals surface area contributed by atoms with Gasteiger partial charge in [0.15, 0.2) is 4.67 Å². The van der Waals surface area contributed by atoms with Crippen LogP contribution in [0.4, 0.5) is 0 Å². The summed E-state index contributed by atoms with van der Waals surface area (Å²) in [4.78, 5) is 25.4. The minimum atomic E-state index is -0.667. The zero-order valence-corrected chi connectivity index (χ0v) is 17.6. The van der Waals surface area contributed by atoms with E-state index >= 15 is 0 Å². The second kappa shape index (κ2) is 9.30. The number of nitrogens with one attached hydrogen (secondary N) is 2. The molecule has 2 aromatic heterocycles. The van der Waals surface area contributed by atoms with Crippen LogP contribution in [-0.4, -0.2) is 24.1 Å². The zero-order valence-electron chi connectivity index (χ0n) is 13.6. The van der Waals surface area contributed by atoms with E-state index in [4.69, 9.17) is 4.42 Å². The second-order valence-electron chi connectivity index (χ2n) is 5.55. The highest BCUT2D eigenvalue weighted by Gasteiger charge is 2.24. The van der Waals surface area contributed by atoms with Crippen LogP contribution in [0.3, 0.4) is 0 Å². The molecule has 0 saturated heterocycles. The molecule has 0 aromatic carbocycles. The Bertz CT molecular complexity index is 737. The number of halogens is 2. The lowest BCUT2D eigenvalue weighted by Crippen LogP contribution is -2.49. The Hall–Kier alpha value is -1.45. The Morgan fingerprint density at radius 2 is 2.16 bits per heavy atom. The Morgan fingerprint density at radius 3 is 2.72 bits per heavy atom. The lowest BCUT2D eigenvalue weighted by molar-refractivity contribution is -0.129. The third-order valence-electron chi connectivity index (χ3n) is 3.21. The molecule has 0 fully saturated rings. The molecule has 0 aliphatic rings. The third-order valence-corrected chi connectivity index (χ3v) is 5.80. The number of amides is 2. The highest BCUT2D eigenvalue weighted by Crippen LogP contribution is 2.25. The molecule has 134 valence electrons. The summed E-state index contributed by atoms with van der Waals surface area (Å²) in [5.41, 5.74) is 2.43. The van der Waals surface area contributed by atoms with Gasteiger partial charge in [0.1, 0.15) is 11.8 Å². The van der Waals surface area contributed by atoms with Crippen LogP contribution in [0.2, 0.25) is 0 Å². The number of thiophene rings is 1. The van der Waals surface area contributed by atoms with Gasteiger partial charge in [-0.15, -0.1) is 11.3 Å². The number of rotatable bonds is 7. The maximum Gasteiger partial charge on any atom is 0.262 e. The zero-order chi connectivity index (χ0) is 18.4. The van der Waals surface area contributed by atoms with Crippen LogP contribution in [0.15, 0.2) is 42.2 Å². The molecule has 2 heterocycles. The first-order chi connectivity index (χ1) is 11.9. The lowest BCUT2D eigenvalue weighted by atomic mass is 10.0. The van der Waals surface area contributed by atoms with E-state index in [1.807, 2.05) is 31.4 Å². The fourth-order valence-corrected chi connectivity index (χ4v) is 3.30. The fourth-order valence-electron chi connectivity index (χ4n) is 1.99. The van der Waals surface area contributed by atoms with Crippen molar-refractivity contribution in [3.8, 4) is 0 Å². The summed E-state index contributed by atoms with van der Waals surface area (Å²) in [5.74, 6) is -0.175. The Labute approximate surface area is 166 Å². The first kappa shape index (κ1) is 19.9. The number of hydrazone groups is 1. The summed E-state index contributed by atoms with van der Waals surface area (Å²) in [6, 6.07) is 4.82. The number of furan rings is 1. The predicted octanol–water partition coefficient (Wildman–Crippen LogP) is 3.70. The van der Waals surface area contributed by atoms with Crippen molar-refractivity contribution in [3.63, 3.8) is 0 Å². The molecular weight excluding hydrogens is 474 g/mol. The van der Waals surface area contributed by atoms with E-state index in [0.717, 1.165) is 9.35 Å². The highest BCUT2D eigenvalue weighted by atomic mass is 79.9. The van der Waals surface area contributed by atoms with Crippen molar-refractivity contribution in [1.82, 2.24) is 10.7 Å². The van der Waals surface area contributed by atoms with Crippen LogP contribution in [0.25, 0.3) is 0 Å². The van der Waals surface area contributed by atoms with Gasteiger partial charge in [-0.2, -0.15) is 5.10 Å². The number of carbonyl (C=O) groups is 2. The summed E-state index contributed by atoms with van der Waals surface area (Å²) in [5, 5.41) is 8.54. The molecule has 0 unspecified atom stereocenters. The van der Waals surface area contributed by atoms with Gasteiger partial charge in [0, 0.05) is 10.9 Å². The molecule has 2 aromatic rings. The normalized spacial score (nSPS) is 12.5. The maximum atomic E-state index is 12.3. The Balaban J connectivity index is 1.91. The average molecular weight is 491 g/mol. The summed E-state index contributed by atoms with van der Waals surface area (Å²) in [6.07, 6.45) is 1.64. The molecule has 0 radical (unpaired) electrons. The predicted molar refractivity (Wildman–Crippen MR) is 105 cm³/mol. The molecule has 1 atom stereocenters. The second-order valence-corrected chi connectivity index (χ2v) is 8.16. The van der Waals surface area contributed by atoms with Crippen LogP contribution in [0, 0.1) is 5.92 Å². The number of hydrogen-bond donors (Lipinski definition) is 2.